The van der Waals surface area contributed by atoms with Gasteiger partial charge in [0.1, 0.15) is 23.5 Å². The molecule has 2 unspecified atom stereocenters. The van der Waals surface area contributed by atoms with E-state index in [0.717, 1.165) is 49.0 Å². The van der Waals surface area contributed by atoms with Gasteiger partial charge in [-0.05, 0) is 97.0 Å². The zero-order valence-electron chi connectivity index (χ0n) is 25.9. The Hall–Kier alpha value is -4.63. The number of carboxylic acids is 1. The van der Waals surface area contributed by atoms with E-state index in [2.05, 4.69) is 48.4 Å². The summed E-state index contributed by atoms with van der Waals surface area (Å²) < 4.78 is 13.6. The van der Waals surface area contributed by atoms with Crippen LogP contribution in [0, 0.1) is 0 Å². The lowest BCUT2D eigenvalue weighted by Crippen LogP contribution is -2.42. The molecule has 1 saturated heterocycles. The maximum atomic E-state index is 12.2. The predicted octanol–water partition coefficient (Wildman–Crippen LogP) is 5.96. The number of aliphatic hydroxyl groups excluding tert-OH is 1. The van der Waals surface area contributed by atoms with E-state index in [1.807, 2.05) is 24.3 Å². The number of methoxy groups -OCH3 is 1. The molecule has 9 heteroatoms. The Kier molecular flexibility index (Phi) is 8.63. The van der Waals surface area contributed by atoms with E-state index in [-0.39, 0.29) is 23.5 Å². The van der Waals surface area contributed by atoms with Crippen LogP contribution in [-0.4, -0.2) is 63.1 Å². The fraction of sp³-hybridized carbons (Fsp3) is 0.361. The van der Waals surface area contributed by atoms with E-state index < -0.39 is 12.1 Å². The lowest BCUT2D eigenvalue weighted by atomic mass is 9.85. The Morgan fingerprint density at radius 3 is 2.53 bits per heavy atom. The van der Waals surface area contributed by atoms with Crippen molar-refractivity contribution in [2.45, 2.75) is 64.1 Å². The molecule has 1 aliphatic carbocycles. The van der Waals surface area contributed by atoms with Crippen molar-refractivity contribution >= 4 is 11.9 Å². The van der Waals surface area contributed by atoms with Gasteiger partial charge in [-0.25, -0.2) is 9.48 Å². The molecular weight excluding hydrogens is 570 g/mol. The smallest absolute Gasteiger partial charge is 0.342 e. The molecule has 0 bridgehead atoms. The summed E-state index contributed by atoms with van der Waals surface area (Å²) in [7, 11) is 1.44. The number of likely N-dealkylation sites (tertiary alicyclic amines) is 1. The number of carbonyl (C=O) groups is 2. The van der Waals surface area contributed by atoms with Crippen molar-refractivity contribution in [2.75, 3.05) is 20.2 Å². The summed E-state index contributed by atoms with van der Waals surface area (Å²) in [6.07, 6.45) is 4.68. The molecule has 0 radical (unpaired) electrons. The number of hydrogen-bond donors (Lipinski definition) is 2. The highest BCUT2D eigenvalue weighted by molar-refractivity contribution is 5.90. The second-order valence-electron chi connectivity index (χ2n) is 11.8. The predicted molar refractivity (Wildman–Crippen MR) is 170 cm³/mol. The van der Waals surface area contributed by atoms with Gasteiger partial charge in [-0.2, -0.15) is 5.10 Å². The SMILES string of the molecule is CCc1cc(OC2CCc3cccc(-c4cccc(-n5ncc(C(=O)O)c5OC)c4)c32)ccc1C1CCN(C(=O)C(C)O)CC1. The fourth-order valence-electron chi connectivity index (χ4n) is 6.88. The quantitative estimate of drug-likeness (QED) is 0.241. The summed E-state index contributed by atoms with van der Waals surface area (Å²) in [6.45, 7) is 5.01. The number of nitrogens with zero attached hydrogens (tertiary/aromatic N) is 3. The van der Waals surface area contributed by atoms with Crippen LogP contribution in [0.3, 0.4) is 0 Å². The highest BCUT2D eigenvalue weighted by atomic mass is 16.5. The molecule has 1 amide bonds. The van der Waals surface area contributed by atoms with Crippen LogP contribution in [0.5, 0.6) is 11.6 Å². The lowest BCUT2D eigenvalue weighted by Gasteiger charge is -2.33. The van der Waals surface area contributed by atoms with Crippen LogP contribution in [0.4, 0.5) is 0 Å². The van der Waals surface area contributed by atoms with Crippen molar-refractivity contribution in [1.82, 2.24) is 14.7 Å². The van der Waals surface area contributed by atoms with E-state index in [1.54, 1.807) is 4.90 Å². The molecule has 1 aromatic heterocycles. The minimum atomic E-state index is -1.09. The van der Waals surface area contributed by atoms with Gasteiger partial charge in [-0.15, -0.1) is 0 Å². The summed E-state index contributed by atoms with van der Waals surface area (Å²) >= 11 is 0. The molecule has 1 aliphatic heterocycles. The minimum Gasteiger partial charge on any atom is -0.486 e. The van der Waals surface area contributed by atoms with Crippen LogP contribution in [0.1, 0.15) is 77.7 Å². The Labute approximate surface area is 263 Å². The zero-order chi connectivity index (χ0) is 31.7. The molecule has 2 heterocycles. The van der Waals surface area contributed by atoms with Crippen molar-refractivity contribution < 1.29 is 29.3 Å². The molecule has 6 rings (SSSR count). The third-order valence-electron chi connectivity index (χ3n) is 9.12. The Morgan fingerprint density at radius 1 is 1.04 bits per heavy atom. The normalized spacial score (nSPS) is 17.2. The van der Waals surface area contributed by atoms with Gasteiger partial charge < -0.3 is 24.6 Å². The van der Waals surface area contributed by atoms with Gasteiger partial charge in [0.25, 0.3) is 5.91 Å². The summed E-state index contributed by atoms with van der Waals surface area (Å²) in [6, 6.07) is 20.7. The summed E-state index contributed by atoms with van der Waals surface area (Å²) in [5, 5.41) is 23.5. The van der Waals surface area contributed by atoms with Crippen molar-refractivity contribution in [3.8, 4) is 28.4 Å². The van der Waals surface area contributed by atoms with Crippen molar-refractivity contribution in [3.63, 3.8) is 0 Å². The highest BCUT2D eigenvalue weighted by Gasteiger charge is 2.30. The lowest BCUT2D eigenvalue weighted by molar-refractivity contribution is -0.140. The molecule has 4 aromatic rings. The second-order valence-corrected chi connectivity index (χ2v) is 11.8. The number of rotatable bonds is 9. The average Bonchev–Trinajstić information content (AvgIpc) is 3.69. The van der Waals surface area contributed by atoms with E-state index in [1.165, 1.54) is 47.2 Å². The van der Waals surface area contributed by atoms with Gasteiger partial charge in [0, 0.05) is 18.7 Å². The van der Waals surface area contributed by atoms with Gasteiger partial charge in [0.2, 0.25) is 5.88 Å². The van der Waals surface area contributed by atoms with Gasteiger partial charge >= 0.3 is 5.97 Å². The van der Waals surface area contributed by atoms with E-state index in [4.69, 9.17) is 9.47 Å². The van der Waals surface area contributed by atoms with E-state index in [9.17, 15) is 19.8 Å². The summed E-state index contributed by atoms with van der Waals surface area (Å²) in [4.78, 5) is 25.7. The molecule has 0 spiro atoms. The van der Waals surface area contributed by atoms with Crippen molar-refractivity contribution in [2.24, 2.45) is 0 Å². The van der Waals surface area contributed by atoms with Gasteiger partial charge in [-0.3, -0.25) is 4.79 Å². The van der Waals surface area contributed by atoms with Crippen molar-refractivity contribution in [3.05, 3.63) is 94.7 Å². The fourth-order valence-corrected chi connectivity index (χ4v) is 6.88. The number of fused-ring (bicyclic) bond motifs is 1. The third-order valence-corrected chi connectivity index (χ3v) is 9.12. The number of aryl methyl sites for hydroxylation is 2. The number of piperidine rings is 1. The standard InChI is InChI=1S/C36H39N3O6/c1-4-23-20-28(12-13-29(23)24-15-17-38(18-16-24)34(41)22(2)40)45-32-14-11-25-7-6-10-30(33(25)32)26-8-5-9-27(19-26)39-35(44-3)31(21-37-39)36(42)43/h5-10,12-13,19-22,24,32,40H,4,11,14-18H2,1-3H3,(H,42,43). The number of aromatic carboxylic acids is 1. The molecule has 2 N–H and O–H groups in total. The first-order valence-electron chi connectivity index (χ1n) is 15.6. The van der Waals surface area contributed by atoms with Crippen LogP contribution in [0.25, 0.3) is 16.8 Å². The Bertz CT molecular complexity index is 1720. The number of benzene rings is 3. The molecule has 1 fully saturated rings. The van der Waals surface area contributed by atoms with Crippen LogP contribution in [0.2, 0.25) is 0 Å². The monoisotopic (exact) mass is 609 g/mol. The average molecular weight is 610 g/mol. The molecule has 2 atom stereocenters. The third kappa shape index (κ3) is 5.92. The van der Waals surface area contributed by atoms with Gasteiger partial charge in [0.15, 0.2) is 0 Å². The number of carboxylic acid groups (broad SMARTS) is 1. The summed E-state index contributed by atoms with van der Waals surface area (Å²) in [5.74, 6) is 0.112. The molecular formula is C36H39N3O6. The first kappa shape index (κ1) is 30.4. The number of amides is 1. The van der Waals surface area contributed by atoms with Gasteiger partial charge in [0.05, 0.1) is 19.0 Å². The number of ether oxygens (including phenoxy) is 2. The molecule has 2 aliphatic rings. The molecule has 45 heavy (non-hydrogen) atoms. The first-order chi connectivity index (χ1) is 21.8. The highest BCUT2D eigenvalue weighted by Crippen LogP contribution is 2.42. The largest absolute Gasteiger partial charge is 0.486 e. The molecule has 0 saturated carbocycles. The topological polar surface area (TPSA) is 114 Å². The van der Waals surface area contributed by atoms with Crippen molar-refractivity contribution in [1.29, 1.82) is 0 Å². The van der Waals surface area contributed by atoms with Crippen LogP contribution >= 0.6 is 0 Å². The molecule has 234 valence electrons. The number of aromatic nitrogens is 2. The Balaban J connectivity index is 1.24. The second kappa shape index (κ2) is 12.8. The first-order valence-corrected chi connectivity index (χ1v) is 15.6. The van der Waals surface area contributed by atoms with Crippen LogP contribution < -0.4 is 9.47 Å². The Morgan fingerprint density at radius 2 is 1.82 bits per heavy atom. The molecule has 3 aromatic carbocycles. The number of carbonyl (C=O) groups excluding carboxylic acids is 1. The summed E-state index contributed by atoms with van der Waals surface area (Å²) in [5.41, 5.74) is 7.79. The maximum absolute atomic E-state index is 12.2. The van der Waals surface area contributed by atoms with Crippen LogP contribution in [-0.2, 0) is 17.6 Å². The van der Waals surface area contributed by atoms with Gasteiger partial charge in [-0.1, -0.05) is 43.3 Å². The van der Waals surface area contributed by atoms with Crippen LogP contribution in [0.15, 0.2) is 66.9 Å². The number of aliphatic hydroxyl groups is 1. The van der Waals surface area contributed by atoms with E-state index >= 15 is 0 Å². The van der Waals surface area contributed by atoms with E-state index in [0.29, 0.717) is 24.7 Å². The molecule has 9 nitrogen and oxygen atoms in total. The number of hydrogen-bond acceptors (Lipinski definition) is 6. The maximum Gasteiger partial charge on any atom is 0.342 e. The minimum absolute atomic E-state index is 0.00586. The zero-order valence-corrected chi connectivity index (χ0v) is 25.9.